The summed E-state index contributed by atoms with van der Waals surface area (Å²) in [7, 11) is 0. The molecule has 4 nitrogen and oxygen atoms in total. The summed E-state index contributed by atoms with van der Waals surface area (Å²) in [6, 6.07) is 2.50. The fourth-order valence-corrected chi connectivity index (χ4v) is 4.30. The molecule has 2 atom stereocenters. The predicted octanol–water partition coefficient (Wildman–Crippen LogP) is 4.83. The summed E-state index contributed by atoms with van der Waals surface area (Å²) >= 11 is 5.32. The van der Waals surface area contributed by atoms with Crippen LogP contribution in [0.15, 0.2) is 15.9 Å². The van der Waals surface area contributed by atoms with Crippen LogP contribution in [0.3, 0.4) is 0 Å². The molecule has 1 fully saturated rings. The van der Waals surface area contributed by atoms with E-state index in [4.69, 9.17) is 4.74 Å². The van der Waals surface area contributed by atoms with Crippen molar-refractivity contribution in [2.24, 2.45) is 0 Å². The molecule has 1 aliphatic rings. The molecule has 6 heteroatoms. The summed E-state index contributed by atoms with van der Waals surface area (Å²) < 4.78 is 6.57. The van der Waals surface area contributed by atoms with Gasteiger partial charge in [-0.05, 0) is 61.0 Å². The highest BCUT2D eigenvalue weighted by Gasteiger charge is 2.27. The van der Waals surface area contributed by atoms with Crippen LogP contribution in [0.1, 0.15) is 57.8 Å². The molecule has 2 N–H and O–H groups in total. The normalized spacial score (nSPS) is 22.4. The van der Waals surface area contributed by atoms with Gasteiger partial charge in [-0.1, -0.05) is 19.3 Å². The minimum absolute atomic E-state index is 0.131. The smallest absolute Gasteiger partial charge is 0.407 e. The van der Waals surface area contributed by atoms with E-state index >= 15 is 0 Å². The van der Waals surface area contributed by atoms with Crippen molar-refractivity contribution in [3.8, 4) is 0 Å². The molecule has 0 spiro atoms. The van der Waals surface area contributed by atoms with Crippen LogP contribution in [0.4, 0.5) is 4.79 Å². The molecule has 23 heavy (non-hydrogen) atoms. The number of nitrogens with one attached hydrogen (secondary N) is 2. The highest BCUT2D eigenvalue weighted by Crippen LogP contribution is 2.24. The zero-order valence-electron chi connectivity index (χ0n) is 14.2. The molecule has 130 valence electrons. The fourth-order valence-electron chi connectivity index (χ4n) is 2.86. The second kappa shape index (κ2) is 8.49. The second-order valence-corrected chi connectivity index (χ2v) is 8.92. The Labute approximate surface area is 151 Å². The van der Waals surface area contributed by atoms with E-state index in [1.807, 2.05) is 20.8 Å². The monoisotopic (exact) mass is 402 g/mol. The van der Waals surface area contributed by atoms with Crippen molar-refractivity contribution in [1.82, 2.24) is 10.6 Å². The lowest BCUT2D eigenvalue weighted by Crippen LogP contribution is -2.50. The van der Waals surface area contributed by atoms with Crippen LogP contribution in [-0.4, -0.2) is 23.8 Å². The summed E-state index contributed by atoms with van der Waals surface area (Å²) in [6.07, 6.45) is 5.37. The minimum atomic E-state index is -0.459. The van der Waals surface area contributed by atoms with Gasteiger partial charge in [0.05, 0.1) is 0 Å². The van der Waals surface area contributed by atoms with Gasteiger partial charge in [-0.15, -0.1) is 11.3 Å². The topological polar surface area (TPSA) is 50.4 Å². The molecule has 1 aliphatic carbocycles. The molecular weight excluding hydrogens is 376 g/mol. The molecule has 2 unspecified atom stereocenters. The van der Waals surface area contributed by atoms with Crippen LogP contribution >= 0.6 is 27.3 Å². The van der Waals surface area contributed by atoms with Crippen molar-refractivity contribution in [1.29, 1.82) is 0 Å². The molecule has 2 rings (SSSR count). The van der Waals surface area contributed by atoms with E-state index in [-0.39, 0.29) is 12.1 Å². The van der Waals surface area contributed by atoms with Gasteiger partial charge in [0.2, 0.25) is 0 Å². The summed E-state index contributed by atoms with van der Waals surface area (Å²) in [5.74, 6) is 0. The SMILES string of the molecule is CC(C)(C)OC(=O)NC1CCCCCC1NCc1sccc1Br. The third-order valence-electron chi connectivity index (χ3n) is 3.93. The van der Waals surface area contributed by atoms with Gasteiger partial charge in [-0.25, -0.2) is 4.79 Å². The Kier molecular flexibility index (Phi) is 6.92. The highest BCUT2D eigenvalue weighted by molar-refractivity contribution is 9.10. The molecule has 0 saturated heterocycles. The summed E-state index contributed by atoms with van der Waals surface area (Å²) in [5, 5.41) is 8.80. The number of rotatable bonds is 4. The summed E-state index contributed by atoms with van der Waals surface area (Å²) in [5.41, 5.74) is -0.459. The first-order valence-corrected chi connectivity index (χ1v) is 9.97. The molecule has 1 saturated carbocycles. The summed E-state index contributed by atoms with van der Waals surface area (Å²) in [4.78, 5) is 13.4. The lowest BCUT2D eigenvalue weighted by atomic mass is 10.0. The third-order valence-corrected chi connectivity index (χ3v) is 5.86. The Morgan fingerprint density at radius 1 is 1.30 bits per heavy atom. The molecule has 1 aromatic rings. The van der Waals surface area contributed by atoms with Gasteiger partial charge in [-0.2, -0.15) is 0 Å². The van der Waals surface area contributed by atoms with Gasteiger partial charge >= 0.3 is 6.09 Å². The molecule has 0 aromatic carbocycles. The zero-order chi connectivity index (χ0) is 16.9. The van der Waals surface area contributed by atoms with Gasteiger partial charge in [0.25, 0.3) is 0 Å². The second-order valence-electron chi connectivity index (χ2n) is 7.07. The van der Waals surface area contributed by atoms with E-state index in [1.54, 1.807) is 11.3 Å². The van der Waals surface area contributed by atoms with Crippen LogP contribution in [0, 0.1) is 0 Å². The van der Waals surface area contributed by atoms with E-state index in [9.17, 15) is 4.79 Å². The lowest BCUT2D eigenvalue weighted by molar-refractivity contribution is 0.0489. The van der Waals surface area contributed by atoms with Crippen molar-refractivity contribution in [2.45, 2.75) is 77.1 Å². The average Bonchev–Trinajstić information content (AvgIpc) is 2.71. The first kappa shape index (κ1) is 18.7. The number of hydrogen-bond acceptors (Lipinski definition) is 4. The number of carbonyl (C=O) groups is 1. The Morgan fingerprint density at radius 2 is 2.00 bits per heavy atom. The number of amides is 1. The first-order valence-electron chi connectivity index (χ1n) is 8.30. The van der Waals surface area contributed by atoms with Crippen molar-refractivity contribution >= 4 is 33.4 Å². The van der Waals surface area contributed by atoms with Gasteiger partial charge in [0, 0.05) is 28.0 Å². The molecule has 0 aliphatic heterocycles. The Balaban J connectivity index is 1.93. The van der Waals surface area contributed by atoms with Crippen molar-refractivity contribution in [3.63, 3.8) is 0 Å². The lowest BCUT2D eigenvalue weighted by Gasteiger charge is -2.28. The highest BCUT2D eigenvalue weighted by atomic mass is 79.9. The maximum atomic E-state index is 12.1. The van der Waals surface area contributed by atoms with Crippen molar-refractivity contribution in [3.05, 3.63) is 20.8 Å². The Morgan fingerprint density at radius 3 is 2.61 bits per heavy atom. The molecule has 1 heterocycles. The van der Waals surface area contributed by atoms with E-state index in [1.165, 1.54) is 17.7 Å². The first-order chi connectivity index (χ1) is 10.8. The van der Waals surface area contributed by atoms with E-state index in [2.05, 4.69) is 38.0 Å². The predicted molar refractivity (Wildman–Crippen MR) is 98.9 cm³/mol. The van der Waals surface area contributed by atoms with E-state index < -0.39 is 5.60 Å². The number of hydrogen-bond donors (Lipinski definition) is 2. The van der Waals surface area contributed by atoms with Gasteiger partial charge < -0.3 is 15.4 Å². The van der Waals surface area contributed by atoms with Crippen LogP contribution in [-0.2, 0) is 11.3 Å². The minimum Gasteiger partial charge on any atom is -0.444 e. The molecule has 0 bridgehead atoms. The molecule has 1 amide bonds. The average molecular weight is 403 g/mol. The van der Waals surface area contributed by atoms with Crippen molar-refractivity contribution in [2.75, 3.05) is 0 Å². The van der Waals surface area contributed by atoms with Gasteiger partial charge in [-0.3, -0.25) is 0 Å². The van der Waals surface area contributed by atoms with Crippen LogP contribution in [0.5, 0.6) is 0 Å². The summed E-state index contributed by atoms with van der Waals surface area (Å²) in [6.45, 7) is 6.51. The van der Waals surface area contributed by atoms with Gasteiger partial charge in [0.1, 0.15) is 5.60 Å². The number of halogens is 1. The standard InChI is InChI=1S/C17H27BrN2O2S/c1-17(2,3)22-16(21)20-14-8-6-4-5-7-13(14)19-11-15-12(18)9-10-23-15/h9-10,13-14,19H,4-8,11H2,1-3H3,(H,20,21). The molecule has 1 aromatic heterocycles. The fraction of sp³-hybridized carbons (Fsp3) is 0.706. The number of alkyl carbamates (subject to hydrolysis) is 1. The van der Waals surface area contributed by atoms with E-state index in [0.29, 0.717) is 6.04 Å². The zero-order valence-corrected chi connectivity index (χ0v) is 16.6. The largest absolute Gasteiger partial charge is 0.444 e. The maximum absolute atomic E-state index is 12.1. The van der Waals surface area contributed by atoms with E-state index in [0.717, 1.165) is 30.3 Å². The molecular formula is C17H27BrN2O2S. The number of ether oxygens (including phenoxy) is 1. The van der Waals surface area contributed by atoms with Crippen LogP contribution in [0.2, 0.25) is 0 Å². The quantitative estimate of drug-likeness (QED) is 0.709. The van der Waals surface area contributed by atoms with Crippen molar-refractivity contribution < 1.29 is 9.53 Å². The van der Waals surface area contributed by atoms with Gasteiger partial charge in [0.15, 0.2) is 0 Å². The maximum Gasteiger partial charge on any atom is 0.407 e. The number of thiophene rings is 1. The molecule has 0 radical (unpaired) electrons. The van der Waals surface area contributed by atoms with Crippen LogP contribution in [0.25, 0.3) is 0 Å². The van der Waals surface area contributed by atoms with Crippen LogP contribution < -0.4 is 10.6 Å². The number of carbonyl (C=O) groups excluding carboxylic acids is 1. The third kappa shape index (κ3) is 6.43. The Bertz CT molecular complexity index is 513. The Hall–Kier alpha value is -0.590.